The molecule has 7 rings (SSSR count). The number of fused-ring (bicyclic) bond motifs is 4. The maximum absolute atomic E-state index is 15.4. The van der Waals surface area contributed by atoms with E-state index in [-0.39, 0.29) is 36.4 Å². The fourth-order valence-electron chi connectivity index (χ4n) is 10.00. The molecule has 1 spiro atoms. The van der Waals surface area contributed by atoms with E-state index in [1.807, 2.05) is 12.1 Å². The van der Waals surface area contributed by atoms with Gasteiger partial charge in [0.15, 0.2) is 5.79 Å². The van der Waals surface area contributed by atoms with Crippen LogP contribution in [0, 0.1) is 34.5 Å². The SMILES string of the molecule is C=C(O)c1ccc(C#Cc2ccc([C@H]3CC4(C)C(CCC4(O)C(F)(F)C(F)(F)F)C4CCC5(O)CC6(CCC5=C43)OCC(C)(C)CO6)cc2)cc1. The standard InChI is InChI=1S/C41H45F5O5/c1-25(47)28-11-7-26(8-12-28)5-6-27-9-13-29(14-10-27)31-21-36(4)32(17-20-39(36,49)40(42,43)41(44,45)46)30-15-18-37(48)22-38(19-16-33(37)34(30)31)50-23-35(2,3)24-51-38/h7-14,30-32,47-49H,1,15-24H2,2-4H3/t30?,31-,32?,36?,37?,39?/m1/s1. The summed E-state index contributed by atoms with van der Waals surface area (Å²) in [4.78, 5) is 0. The van der Waals surface area contributed by atoms with Crippen molar-refractivity contribution in [2.45, 2.75) is 107 Å². The van der Waals surface area contributed by atoms with Gasteiger partial charge in [0.25, 0.3) is 0 Å². The average molecular weight is 713 g/mol. The van der Waals surface area contributed by atoms with E-state index in [1.165, 1.54) is 6.92 Å². The molecule has 10 heteroatoms. The molecule has 5 nitrogen and oxygen atoms in total. The van der Waals surface area contributed by atoms with Gasteiger partial charge >= 0.3 is 12.1 Å². The highest BCUT2D eigenvalue weighted by Gasteiger charge is 2.79. The third-order valence-electron chi connectivity index (χ3n) is 12.8. The molecule has 1 saturated heterocycles. The van der Waals surface area contributed by atoms with Gasteiger partial charge < -0.3 is 24.8 Å². The zero-order valence-corrected chi connectivity index (χ0v) is 29.2. The van der Waals surface area contributed by atoms with Crippen LogP contribution in [0.3, 0.4) is 0 Å². The molecule has 3 saturated carbocycles. The monoisotopic (exact) mass is 712 g/mol. The molecule has 2 aromatic rings. The molecule has 5 aliphatic rings. The second kappa shape index (κ2) is 11.9. The van der Waals surface area contributed by atoms with Crippen molar-refractivity contribution in [2.75, 3.05) is 13.2 Å². The quantitative estimate of drug-likeness (QED) is 0.128. The molecule has 2 aromatic carbocycles. The van der Waals surface area contributed by atoms with Crippen LogP contribution in [-0.4, -0.2) is 57.6 Å². The Morgan fingerprint density at radius 1 is 0.843 bits per heavy atom. The molecule has 5 unspecified atom stereocenters. The highest BCUT2D eigenvalue weighted by atomic mass is 19.4. The van der Waals surface area contributed by atoms with Crippen LogP contribution in [0.25, 0.3) is 5.76 Å². The average Bonchev–Trinajstić information content (AvgIpc) is 3.35. The van der Waals surface area contributed by atoms with Crippen LogP contribution in [-0.2, 0) is 9.47 Å². The molecule has 0 amide bonds. The molecule has 1 aliphatic heterocycles. The number of hydrogen-bond donors (Lipinski definition) is 3. The van der Waals surface area contributed by atoms with Crippen LogP contribution in [0.4, 0.5) is 22.0 Å². The van der Waals surface area contributed by atoms with Crippen molar-refractivity contribution < 1.29 is 46.7 Å². The summed E-state index contributed by atoms with van der Waals surface area (Å²) in [7, 11) is 0. The lowest BCUT2D eigenvalue weighted by Gasteiger charge is -2.59. The number of ether oxygens (including phenoxy) is 2. The van der Waals surface area contributed by atoms with E-state index in [2.05, 4.69) is 32.3 Å². The van der Waals surface area contributed by atoms with Gasteiger partial charge in [0, 0.05) is 46.3 Å². The third-order valence-corrected chi connectivity index (χ3v) is 12.8. The number of alkyl halides is 5. The smallest absolute Gasteiger partial charge is 0.456 e. The van der Waals surface area contributed by atoms with Crippen LogP contribution in [0.1, 0.15) is 100 Å². The minimum atomic E-state index is -5.92. The fraction of sp³-hybridized carbons (Fsp3) is 0.561. The Hall–Kier alpha value is -3.23. The Morgan fingerprint density at radius 2 is 1.43 bits per heavy atom. The number of halogens is 5. The molecule has 0 radical (unpaired) electrons. The van der Waals surface area contributed by atoms with E-state index >= 15 is 8.78 Å². The Kier molecular flexibility index (Phi) is 8.43. The van der Waals surface area contributed by atoms with Crippen molar-refractivity contribution in [3.8, 4) is 11.8 Å². The predicted octanol–water partition coefficient (Wildman–Crippen LogP) is 8.84. The van der Waals surface area contributed by atoms with E-state index in [1.54, 1.807) is 36.4 Å². The third kappa shape index (κ3) is 5.74. The summed E-state index contributed by atoms with van der Waals surface area (Å²) in [6.45, 7) is 9.98. The number of benzene rings is 2. The molecular formula is C41H45F5O5. The second-order valence-corrected chi connectivity index (χ2v) is 16.6. The van der Waals surface area contributed by atoms with E-state index in [0.717, 1.165) is 11.1 Å². The van der Waals surface area contributed by atoms with Crippen molar-refractivity contribution in [1.82, 2.24) is 0 Å². The van der Waals surface area contributed by atoms with Crippen molar-refractivity contribution >= 4 is 5.76 Å². The number of allylic oxidation sites excluding steroid dienone is 1. The molecule has 4 fully saturated rings. The summed E-state index contributed by atoms with van der Waals surface area (Å²) in [5.74, 6) is -1.76. The zero-order valence-electron chi connectivity index (χ0n) is 29.2. The van der Waals surface area contributed by atoms with Gasteiger partial charge in [0.2, 0.25) is 0 Å². The van der Waals surface area contributed by atoms with Crippen molar-refractivity contribution in [3.05, 3.63) is 88.5 Å². The van der Waals surface area contributed by atoms with Crippen LogP contribution in [0.15, 0.2) is 66.3 Å². The summed E-state index contributed by atoms with van der Waals surface area (Å²) in [5.41, 5.74) is -2.13. The zero-order chi connectivity index (χ0) is 36.8. The largest absolute Gasteiger partial charge is 0.508 e. The maximum Gasteiger partial charge on any atom is 0.456 e. The van der Waals surface area contributed by atoms with Crippen LogP contribution >= 0.6 is 0 Å². The molecule has 0 bridgehead atoms. The van der Waals surface area contributed by atoms with Crippen molar-refractivity contribution in [1.29, 1.82) is 0 Å². The summed E-state index contributed by atoms with van der Waals surface area (Å²) < 4.78 is 85.4. The molecular weight excluding hydrogens is 667 g/mol. The second-order valence-electron chi connectivity index (χ2n) is 16.6. The predicted molar refractivity (Wildman–Crippen MR) is 182 cm³/mol. The lowest BCUT2D eigenvalue weighted by Crippen LogP contribution is -2.65. The summed E-state index contributed by atoms with van der Waals surface area (Å²) >= 11 is 0. The van der Waals surface area contributed by atoms with Gasteiger partial charge in [-0.3, -0.25) is 0 Å². The molecule has 274 valence electrons. The van der Waals surface area contributed by atoms with E-state index in [4.69, 9.17) is 9.47 Å². The maximum atomic E-state index is 15.4. The number of aliphatic hydroxyl groups is 3. The lowest BCUT2D eigenvalue weighted by molar-refractivity contribution is -0.362. The van der Waals surface area contributed by atoms with Gasteiger partial charge in [-0.15, -0.1) is 0 Å². The Labute approximate surface area is 295 Å². The first-order chi connectivity index (χ1) is 23.7. The molecule has 0 aromatic heterocycles. The van der Waals surface area contributed by atoms with Gasteiger partial charge in [-0.25, -0.2) is 0 Å². The van der Waals surface area contributed by atoms with Gasteiger partial charge in [-0.1, -0.05) is 69.0 Å². The summed E-state index contributed by atoms with van der Waals surface area (Å²) in [5, 5.41) is 33.6. The Morgan fingerprint density at radius 3 is 2.00 bits per heavy atom. The van der Waals surface area contributed by atoms with Crippen LogP contribution in [0.5, 0.6) is 0 Å². The number of hydrogen-bond acceptors (Lipinski definition) is 5. The van der Waals surface area contributed by atoms with E-state index in [0.29, 0.717) is 61.2 Å². The normalized spacial score (nSPS) is 34.2. The molecule has 3 N–H and O–H groups in total. The summed E-state index contributed by atoms with van der Waals surface area (Å²) in [6, 6.07) is 14.2. The minimum Gasteiger partial charge on any atom is -0.508 e. The van der Waals surface area contributed by atoms with Gasteiger partial charge in [0.1, 0.15) is 11.4 Å². The van der Waals surface area contributed by atoms with E-state index in [9.17, 15) is 28.5 Å². The first-order valence-electron chi connectivity index (χ1n) is 17.7. The minimum absolute atomic E-state index is 0.0262. The van der Waals surface area contributed by atoms with Crippen molar-refractivity contribution in [2.24, 2.45) is 22.7 Å². The number of rotatable bonds is 3. The van der Waals surface area contributed by atoms with Gasteiger partial charge in [0.05, 0.1) is 18.8 Å². The topological polar surface area (TPSA) is 79.2 Å². The summed E-state index contributed by atoms with van der Waals surface area (Å²) in [6.07, 6.45) is -4.87. The molecule has 1 heterocycles. The highest BCUT2D eigenvalue weighted by molar-refractivity contribution is 5.57. The molecule has 4 aliphatic carbocycles. The first kappa shape index (κ1) is 36.1. The van der Waals surface area contributed by atoms with Crippen LogP contribution in [0.2, 0.25) is 0 Å². The molecule has 51 heavy (non-hydrogen) atoms. The lowest BCUT2D eigenvalue weighted by atomic mass is 9.49. The molecule has 6 atom stereocenters. The highest BCUT2D eigenvalue weighted by Crippen LogP contribution is 2.71. The fourth-order valence-corrected chi connectivity index (χ4v) is 10.00. The Bertz CT molecular complexity index is 1790. The number of aliphatic hydroxyl groups excluding tert-OH is 1. The van der Waals surface area contributed by atoms with Gasteiger partial charge in [-0.2, -0.15) is 22.0 Å². The van der Waals surface area contributed by atoms with Crippen LogP contribution < -0.4 is 0 Å². The van der Waals surface area contributed by atoms with Gasteiger partial charge in [-0.05, 0) is 85.8 Å². The Balaban J connectivity index is 1.28. The first-order valence-corrected chi connectivity index (χ1v) is 17.7. The van der Waals surface area contributed by atoms with E-state index < -0.39 is 52.8 Å². The van der Waals surface area contributed by atoms with Crippen molar-refractivity contribution in [3.63, 3.8) is 0 Å².